The topological polar surface area (TPSA) is 84.9 Å². The van der Waals surface area contributed by atoms with Gasteiger partial charge in [0.1, 0.15) is 5.75 Å². The first-order valence-corrected chi connectivity index (χ1v) is 9.97. The molecule has 2 amide bonds. The molecular formula is C23H26N2O5. The molecule has 1 N–H and O–H groups in total. The number of rotatable bonds is 6. The Hall–Kier alpha value is -3.35. The van der Waals surface area contributed by atoms with Gasteiger partial charge in [-0.3, -0.25) is 9.59 Å². The molecule has 1 aliphatic rings. The molecule has 0 bridgehead atoms. The zero-order valence-corrected chi connectivity index (χ0v) is 17.2. The van der Waals surface area contributed by atoms with Crippen LogP contribution in [0.2, 0.25) is 0 Å². The van der Waals surface area contributed by atoms with E-state index in [1.165, 1.54) is 0 Å². The molecule has 0 spiro atoms. The second-order valence-electron chi connectivity index (χ2n) is 7.23. The van der Waals surface area contributed by atoms with Crippen molar-refractivity contribution in [2.24, 2.45) is 5.92 Å². The number of nitrogens with one attached hydrogen (secondary N) is 1. The average Bonchev–Trinajstić information content (AvgIpc) is 2.79. The van der Waals surface area contributed by atoms with Crippen LogP contribution in [-0.2, 0) is 9.53 Å². The lowest BCUT2D eigenvalue weighted by Gasteiger charge is -2.31. The first-order chi connectivity index (χ1) is 14.5. The first kappa shape index (κ1) is 21.4. The van der Waals surface area contributed by atoms with E-state index in [9.17, 15) is 14.4 Å². The highest BCUT2D eigenvalue weighted by atomic mass is 16.5. The maximum absolute atomic E-state index is 12.5. The van der Waals surface area contributed by atoms with Gasteiger partial charge in [-0.15, -0.1) is 0 Å². The van der Waals surface area contributed by atoms with Gasteiger partial charge in [0.25, 0.3) is 0 Å². The number of hydrogen-bond acceptors (Lipinski definition) is 5. The Balaban J connectivity index is 1.47. The van der Waals surface area contributed by atoms with E-state index in [1.54, 1.807) is 43.2 Å². The number of carbonyl (C=O) groups excluding carboxylic acids is 3. The Bertz CT molecular complexity index is 874. The summed E-state index contributed by atoms with van der Waals surface area (Å²) >= 11 is 0. The summed E-state index contributed by atoms with van der Waals surface area (Å²) in [5.74, 6) is -0.325. The highest BCUT2D eigenvalue weighted by Crippen LogP contribution is 2.21. The van der Waals surface area contributed by atoms with Crippen molar-refractivity contribution in [3.63, 3.8) is 0 Å². The van der Waals surface area contributed by atoms with E-state index in [-0.39, 0.29) is 17.7 Å². The molecule has 0 aromatic heterocycles. The number of likely N-dealkylation sites (tertiary alicyclic amines) is 1. The number of urea groups is 1. The standard InChI is InChI=1S/C23H26N2O5/c1-16(21(26)17-8-10-20(29-2)11-9-17)30-22(27)18-12-14-25(15-13-18)23(28)24-19-6-4-3-5-7-19/h3-11,16,18H,12-15H2,1-2H3,(H,24,28)/t16-/m1/s1. The van der Waals surface area contributed by atoms with Crippen LogP contribution in [0.4, 0.5) is 10.5 Å². The number of anilines is 1. The molecule has 158 valence electrons. The predicted octanol–water partition coefficient (Wildman–Crippen LogP) is 3.75. The molecule has 1 heterocycles. The van der Waals surface area contributed by atoms with Gasteiger partial charge >= 0.3 is 12.0 Å². The number of Topliss-reactive ketones (excluding diaryl/α,β-unsaturated/α-hetero) is 1. The number of benzene rings is 2. The van der Waals surface area contributed by atoms with Crippen molar-refractivity contribution in [1.82, 2.24) is 4.90 Å². The Morgan fingerprint density at radius 1 is 1.00 bits per heavy atom. The maximum atomic E-state index is 12.5. The molecule has 2 aromatic carbocycles. The number of nitrogens with zero attached hydrogens (tertiary/aromatic N) is 1. The third-order valence-electron chi connectivity index (χ3n) is 5.18. The SMILES string of the molecule is COc1ccc(C(=O)[C@@H](C)OC(=O)C2CCN(C(=O)Nc3ccccc3)CC2)cc1. The summed E-state index contributed by atoms with van der Waals surface area (Å²) in [5, 5.41) is 2.85. The number of carbonyl (C=O) groups is 3. The zero-order valence-electron chi connectivity index (χ0n) is 17.2. The molecule has 7 heteroatoms. The van der Waals surface area contributed by atoms with Crippen LogP contribution in [0.15, 0.2) is 54.6 Å². The largest absolute Gasteiger partial charge is 0.497 e. The average molecular weight is 410 g/mol. The van der Waals surface area contributed by atoms with Crippen molar-refractivity contribution < 1.29 is 23.9 Å². The van der Waals surface area contributed by atoms with E-state index in [2.05, 4.69) is 5.32 Å². The second-order valence-corrected chi connectivity index (χ2v) is 7.23. The molecule has 1 atom stereocenters. The van der Waals surface area contributed by atoms with Crippen LogP contribution in [0.3, 0.4) is 0 Å². The van der Waals surface area contributed by atoms with Gasteiger partial charge in [0, 0.05) is 24.3 Å². The van der Waals surface area contributed by atoms with Crippen LogP contribution in [0.1, 0.15) is 30.1 Å². The molecule has 0 radical (unpaired) electrons. The number of amides is 2. The van der Waals surface area contributed by atoms with Gasteiger partial charge in [0.15, 0.2) is 6.10 Å². The summed E-state index contributed by atoms with van der Waals surface area (Å²) in [7, 11) is 1.55. The van der Waals surface area contributed by atoms with Gasteiger partial charge in [0.2, 0.25) is 5.78 Å². The lowest BCUT2D eigenvalue weighted by molar-refractivity contribution is -0.152. The number of esters is 1. The fourth-order valence-corrected chi connectivity index (χ4v) is 3.36. The quantitative estimate of drug-likeness (QED) is 0.579. The number of methoxy groups -OCH3 is 1. The minimum Gasteiger partial charge on any atom is -0.497 e. The monoisotopic (exact) mass is 410 g/mol. The zero-order chi connectivity index (χ0) is 21.5. The normalized spacial score (nSPS) is 15.2. The highest BCUT2D eigenvalue weighted by molar-refractivity contribution is 6.00. The lowest BCUT2D eigenvalue weighted by Crippen LogP contribution is -2.43. The summed E-state index contributed by atoms with van der Waals surface area (Å²) in [6, 6.07) is 15.7. The van der Waals surface area contributed by atoms with E-state index in [1.807, 2.05) is 30.3 Å². The molecule has 2 aromatic rings. The Labute approximate surface area is 176 Å². The van der Waals surface area contributed by atoms with Gasteiger partial charge in [-0.1, -0.05) is 18.2 Å². The van der Waals surface area contributed by atoms with Crippen molar-refractivity contribution in [3.05, 3.63) is 60.2 Å². The van der Waals surface area contributed by atoms with E-state index < -0.39 is 12.1 Å². The Morgan fingerprint density at radius 3 is 2.23 bits per heavy atom. The molecule has 1 saturated heterocycles. The van der Waals surface area contributed by atoms with Crippen molar-refractivity contribution in [3.8, 4) is 5.75 Å². The molecule has 1 aliphatic heterocycles. The van der Waals surface area contributed by atoms with Crippen LogP contribution in [-0.4, -0.2) is 49.0 Å². The van der Waals surface area contributed by atoms with Crippen LogP contribution in [0.5, 0.6) is 5.75 Å². The van der Waals surface area contributed by atoms with Gasteiger partial charge < -0.3 is 19.7 Å². The molecular weight excluding hydrogens is 384 g/mol. The number of ketones is 1. The van der Waals surface area contributed by atoms with Crippen molar-refractivity contribution in [2.75, 3.05) is 25.5 Å². The van der Waals surface area contributed by atoms with Crippen LogP contribution in [0, 0.1) is 5.92 Å². The fraction of sp³-hybridized carbons (Fsp3) is 0.348. The molecule has 1 fully saturated rings. The van der Waals surface area contributed by atoms with E-state index in [0.717, 1.165) is 5.69 Å². The second kappa shape index (κ2) is 9.91. The number of para-hydroxylation sites is 1. The maximum Gasteiger partial charge on any atom is 0.321 e. The highest BCUT2D eigenvalue weighted by Gasteiger charge is 2.30. The summed E-state index contributed by atoms with van der Waals surface area (Å²) in [4.78, 5) is 39.0. The van der Waals surface area contributed by atoms with Crippen LogP contribution in [0.25, 0.3) is 0 Å². The fourth-order valence-electron chi connectivity index (χ4n) is 3.36. The van der Waals surface area contributed by atoms with Crippen LogP contribution < -0.4 is 10.1 Å². The molecule has 3 rings (SSSR count). The Kier molecular flexibility index (Phi) is 7.06. The molecule has 0 saturated carbocycles. The van der Waals surface area contributed by atoms with Crippen molar-refractivity contribution in [1.29, 1.82) is 0 Å². The van der Waals surface area contributed by atoms with E-state index in [4.69, 9.17) is 9.47 Å². The summed E-state index contributed by atoms with van der Waals surface area (Å²) in [6.45, 7) is 2.49. The van der Waals surface area contributed by atoms with E-state index >= 15 is 0 Å². The third kappa shape index (κ3) is 5.37. The van der Waals surface area contributed by atoms with Crippen molar-refractivity contribution in [2.45, 2.75) is 25.9 Å². The summed E-state index contributed by atoms with van der Waals surface area (Å²) in [5.41, 5.74) is 1.19. The molecule has 30 heavy (non-hydrogen) atoms. The molecule has 0 aliphatic carbocycles. The van der Waals surface area contributed by atoms with E-state index in [0.29, 0.717) is 37.2 Å². The number of piperidine rings is 1. The van der Waals surface area contributed by atoms with Crippen molar-refractivity contribution >= 4 is 23.5 Å². The lowest BCUT2D eigenvalue weighted by atomic mass is 9.97. The van der Waals surface area contributed by atoms with Crippen LogP contribution >= 0.6 is 0 Å². The molecule has 0 unspecified atom stereocenters. The molecule has 7 nitrogen and oxygen atoms in total. The van der Waals surface area contributed by atoms with Gasteiger partial charge in [-0.2, -0.15) is 0 Å². The first-order valence-electron chi connectivity index (χ1n) is 9.97. The van der Waals surface area contributed by atoms with Gasteiger partial charge in [-0.05, 0) is 56.2 Å². The predicted molar refractivity (Wildman–Crippen MR) is 113 cm³/mol. The minimum atomic E-state index is -0.870. The Morgan fingerprint density at radius 2 is 1.63 bits per heavy atom. The minimum absolute atomic E-state index is 0.184. The summed E-state index contributed by atoms with van der Waals surface area (Å²) < 4.78 is 10.5. The number of ether oxygens (including phenoxy) is 2. The number of hydrogen-bond donors (Lipinski definition) is 1. The third-order valence-corrected chi connectivity index (χ3v) is 5.18. The van der Waals surface area contributed by atoms with Gasteiger partial charge in [0.05, 0.1) is 13.0 Å². The van der Waals surface area contributed by atoms with Gasteiger partial charge in [-0.25, -0.2) is 4.79 Å². The smallest absolute Gasteiger partial charge is 0.321 e. The summed E-state index contributed by atoms with van der Waals surface area (Å²) in [6.07, 6.45) is 0.139.